The van der Waals surface area contributed by atoms with Crippen molar-refractivity contribution in [3.63, 3.8) is 0 Å². The van der Waals surface area contributed by atoms with Crippen LogP contribution in [0.1, 0.15) is 52.4 Å². The number of epoxide rings is 2. The van der Waals surface area contributed by atoms with E-state index in [4.69, 9.17) is 18.9 Å². The molecule has 24 heavy (non-hydrogen) atoms. The van der Waals surface area contributed by atoms with Gasteiger partial charge in [-0.15, -0.1) is 0 Å². The molecule has 0 aromatic rings. The fourth-order valence-corrected chi connectivity index (χ4v) is 2.51. The first-order valence-electron chi connectivity index (χ1n) is 8.96. The van der Waals surface area contributed by atoms with Gasteiger partial charge in [-0.1, -0.05) is 26.7 Å². The lowest BCUT2D eigenvalue weighted by molar-refractivity contribution is -0.147. The van der Waals surface area contributed by atoms with Gasteiger partial charge in [0.15, 0.2) is 0 Å². The van der Waals surface area contributed by atoms with E-state index < -0.39 is 11.9 Å². The lowest BCUT2D eigenvalue weighted by Gasteiger charge is -2.15. The van der Waals surface area contributed by atoms with Gasteiger partial charge in [-0.05, 0) is 25.7 Å². The molecule has 2 aliphatic heterocycles. The SMILES string of the molecule is CCCCC(OC(=O)/C=C\C(=O)OC(CCCC)C1CO1)C1CO1. The Kier molecular flexibility index (Phi) is 7.72. The lowest BCUT2D eigenvalue weighted by atomic mass is 10.1. The Labute approximate surface area is 143 Å². The van der Waals surface area contributed by atoms with Crippen molar-refractivity contribution in [1.82, 2.24) is 0 Å². The van der Waals surface area contributed by atoms with Crippen molar-refractivity contribution in [3.8, 4) is 0 Å². The molecule has 0 N–H and O–H groups in total. The van der Waals surface area contributed by atoms with Crippen LogP contribution >= 0.6 is 0 Å². The van der Waals surface area contributed by atoms with Crippen molar-refractivity contribution in [2.24, 2.45) is 0 Å². The zero-order valence-corrected chi connectivity index (χ0v) is 14.6. The van der Waals surface area contributed by atoms with Crippen molar-refractivity contribution in [2.75, 3.05) is 13.2 Å². The molecule has 4 unspecified atom stereocenters. The van der Waals surface area contributed by atoms with E-state index in [9.17, 15) is 9.59 Å². The molecule has 0 aromatic carbocycles. The van der Waals surface area contributed by atoms with E-state index in [-0.39, 0.29) is 24.4 Å². The smallest absolute Gasteiger partial charge is 0.331 e. The molecule has 0 saturated carbocycles. The summed E-state index contributed by atoms with van der Waals surface area (Å²) in [4.78, 5) is 23.7. The molecular weight excluding hydrogens is 312 g/mol. The predicted octanol–water partition coefficient (Wildman–Crippen LogP) is 2.54. The van der Waals surface area contributed by atoms with Crippen LogP contribution in [0.2, 0.25) is 0 Å². The van der Waals surface area contributed by atoms with Gasteiger partial charge in [0.05, 0.1) is 13.2 Å². The molecule has 6 heteroatoms. The largest absolute Gasteiger partial charge is 0.456 e. The van der Waals surface area contributed by atoms with Gasteiger partial charge in [0, 0.05) is 12.2 Å². The Balaban J connectivity index is 1.73. The normalized spacial score (nSPS) is 24.4. The fourth-order valence-electron chi connectivity index (χ4n) is 2.51. The van der Waals surface area contributed by atoms with Crippen LogP contribution in [0.15, 0.2) is 12.2 Å². The average Bonchev–Trinajstić information content (AvgIpc) is 3.45. The van der Waals surface area contributed by atoms with Gasteiger partial charge in [-0.25, -0.2) is 9.59 Å². The number of hydrogen-bond acceptors (Lipinski definition) is 6. The molecule has 0 bridgehead atoms. The summed E-state index contributed by atoms with van der Waals surface area (Å²) in [6.45, 7) is 5.43. The fraction of sp³-hybridized carbons (Fsp3) is 0.778. The van der Waals surface area contributed by atoms with Crippen molar-refractivity contribution in [1.29, 1.82) is 0 Å². The topological polar surface area (TPSA) is 77.7 Å². The summed E-state index contributed by atoms with van der Waals surface area (Å²) >= 11 is 0. The number of ether oxygens (including phenoxy) is 4. The minimum absolute atomic E-state index is 0.00583. The lowest BCUT2D eigenvalue weighted by Crippen LogP contribution is -2.24. The maximum Gasteiger partial charge on any atom is 0.331 e. The Bertz CT molecular complexity index is 399. The Morgan fingerprint density at radius 2 is 1.29 bits per heavy atom. The minimum Gasteiger partial charge on any atom is -0.456 e. The van der Waals surface area contributed by atoms with Gasteiger partial charge >= 0.3 is 11.9 Å². The van der Waals surface area contributed by atoms with E-state index in [1.165, 1.54) is 0 Å². The first kappa shape index (κ1) is 18.9. The van der Waals surface area contributed by atoms with Gasteiger partial charge in [0.25, 0.3) is 0 Å². The summed E-state index contributed by atoms with van der Waals surface area (Å²) in [6, 6.07) is 0. The molecule has 2 rings (SSSR count). The second-order valence-electron chi connectivity index (χ2n) is 6.31. The summed E-state index contributed by atoms with van der Waals surface area (Å²) in [5, 5.41) is 0. The molecule has 0 spiro atoms. The molecule has 0 amide bonds. The Hall–Kier alpha value is -1.40. The Morgan fingerprint density at radius 1 is 0.917 bits per heavy atom. The summed E-state index contributed by atoms with van der Waals surface area (Å²) < 4.78 is 21.2. The highest BCUT2D eigenvalue weighted by Gasteiger charge is 2.36. The maximum atomic E-state index is 11.9. The van der Waals surface area contributed by atoms with Crippen LogP contribution in [0.25, 0.3) is 0 Å². The second kappa shape index (κ2) is 9.79. The van der Waals surface area contributed by atoms with Gasteiger partial charge in [0.1, 0.15) is 24.4 Å². The van der Waals surface area contributed by atoms with Crippen molar-refractivity contribution in [2.45, 2.75) is 76.8 Å². The standard InChI is InChI=1S/C18H28O6/c1-3-5-7-13(15-11-21-15)23-17(19)9-10-18(20)24-14(8-6-4-2)16-12-22-16/h9-10,13-16H,3-8,11-12H2,1-2H3/b10-9-. The minimum atomic E-state index is -0.531. The van der Waals surface area contributed by atoms with Crippen LogP contribution < -0.4 is 0 Å². The molecule has 0 aliphatic carbocycles. The molecule has 0 aromatic heterocycles. The third-order valence-corrected chi connectivity index (χ3v) is 4.12. The first-order valence-corrected chi connectivity index (χ1v) is 8.96. The van der Waals surface area contributed by atoms with Crippen LogP contribution in [-0.2, 0) is 28.5 Å². The van der Waals surface area contributed by atoms with Crippen molar-refractivity contribution >= 4 is 11.9 Å². The Morgan fingerprint density at radius 3 is 1.58 bits per heavy atom. The van der Waals surface area contributed by atoms with E-state index in [0.29, 0.717) is 13.2 Å². The molecule has 136 valence electrons. The third kappa shape index (κ3) is 7.01. The first-order chi connectivity index (χ1) is 11.6. The second-order valence-corrected chi connectivity index (χ2v) is 6.31. The molecule has 2 heterocycles. The molecule has 2 saturated heterocycles. The predicted molar refractivity (Wildman–Crippen MR) is 87.4 cm³/mol. The molecule has 2 fully saturated rings. The van der Waals surface area contributed by atoms with Crippen LogP contribution in [0.3, 0.4) is 0 Å². The highest BCUT2D eigenvalue weighted by Crippen LogP contribution is 2.23. The van der Waals surface area contributed by atoms with E-state index in [2.05, 4.69) is 13.8 Å². The highest BCUT2D eigenvalue weighted by molar-refractivity contribution is 5.91. The molecule has 0 radical (unpaired) electrons. The summed E-state index contributed by atoms with van der Waals surface area (Å²) in [6.07, 6.45) is 7.41. The average molecular weight is 340 g/mol. The zero-order chi connectivity index (χ0) is 17.4. The van der Waals surface area contributed by atoms with Gasteiger partial charge < -0.3 is 18.9 Å². The van der Waals surface area contributed by atoms with Crippen molar-refractivity contribution < 1.29 is 28.5 Å². The van der Waals surface area contributed by atoms with Crippen LogP contribution in [0.5, 0.6) is 0 Å². The number of unbranched alkanes of at least 4 members (excludes halogenated alkanes) is 2. The van der Waals surface area contributed by atoms with E-state index in [1.54, 1.807) is 0 Å². The summed E-state index contributed by atoms with van der Waals surface area (Å²) in [5.74, 6) is -1.06. The number of rotatable bonds is 12. The summed E-state index contributed by atoms with van der Waals surface area (Å²) in [7, 11) is 0. The van der Waals surface area contributed by atoms with Crippen LogP contribution in [0, 0.1) is 0 Å². The number of hydrogen-bond donors (Lipinski definition) is 0. The van der Waals surface area contributed by atoms with Crippen molar-refractivity contribution in [3.05, 3.63) is 12.2 Å². The number of carbonyl (C=O) groups is 2. The van der Waals surface area contributed by atoms with E-state index >= 15 is 0 Å². The van der Waals surface area contributed by atoms with Crippen LogP contribution in [-0.4, -0.2) is 49.6 Å². The highest BCUT2D eigenvalue weighted by atomic mass is 16.6. The third-order valence-electron chi connectivity index (χ3n) is 4.12. The number of esters is 2. The van der Waals surface area contributed by atoms with Gasteiger partial charge in [-0.2, -0.15) is 0 Å². The quantitative estimate of drug-likeness (QED) is 0.309. The molecule has 2 aliphatic rings. The monoisotopic (exact) mass is 340 g/mol. The van der Waals surface area contributed by atoms with Gasteiger partial charge in [-0.3, -0.25) is 0 Å². The maximum absolute atomic E-state index is 11.9. The molecule has 4 atom stereocenters. The molecular formula is C18H28O6. The van der Waals surface area contributed by atoms with Crippen LogP contribution in [0.4, 0.5) is 0 Å². The summed E-state index contributed by atoms with van der Waals surface area (Å²) in [5.41, 5.74) is 0. The van der Waals surface area contributed by atoms with E-state index in [0.717, 1.165) is 50.7 Å². The van der Waals surface area contributed by atoms with E-state index in [1.807, 2.05) is 0 Å². The zero-order valence-electron chi connectivity index (χ0n) is 14.6. The number of carbonyl (C=O) groups excluding carboxylic acids is 2. The molecule has 6 nitrogen and oxygen atoms in total. The van der Waals surface area contributed by atoms with Gasteiger partial charge in [0.2, 0.25) is 0 Å².